The summed E-state index contributed by atoms with van der Waals surface area (Å²) in [6, 6.07) is 10.5. The molecule has 26 heavy (non-hydrogen) atoms. The van der Waals surface area contributed by atoms with Gasteiger partial charge in [-0.1, -0.05) is 26.0 Å². The molecule has 0 radical (unpaired) electrons. The van der Waals surface area contributed by atoms with Gasteiger partial charge in [0.25, 0.3) is 0 Å². The molecule has 4 rings (SSSR count). The summed E-state index contributed by atoms with van der Waals surface area (Å²) in [6.45, 7) is 4.42. The predicted octanol–water partition coefficient (Wildman–Crippen LogP) is 4.82. The Morgan fingerprint density at radius 3 is 2.27 bits per heavy atom. The zero-order valence-corrected chi connectivity index (χ0v) is 15.1. The van der Waals surface area contributed by atoms with E-state index in [0.29, 0.717) is 0 Å². The number of aliphatic imine (C=N–C) groups is 1. The average molecular weight is 342 g/mol. The number of aromatic nitrogens is 3. The predicted molar refractivity (Wildman–Crippen MR) is 104 cm³/mol. The normalized spacial score (nSPS) is 15.3. The van der Waals surface area contributed by atoms with Gasteiger partial charge in [0.2, 0.25) is 0 Å². The monoisotopic (exact) mass is 342 g/mol. The molecule has 0 amide bonds. The average Bonchev–Trinajstić information content (AvgIpc) is 2.73. The van der Waals surface area contributed by atoms with Crippen molar-refractivity contribution in [3.8, 4) is 0 Å². The topological polar surface area (TPSA) is 51.0 Å². The second kappa shape index (κ2) is 7.16. The molecule has 4 heteroatoms. The van der Waals surface area contributed by atoms with Gasteiger partial charge in [-0.25, -0.2) is 9.98 Å². The van der Waals surface area contributed by atoms with Crippen LogP contribution in [0.1, 0.15) is 60.1 Å². The van der Waals surface area contributed by atoms with Gasteiger partial charge in [0.15, 0.2) is 5.82 Å². The van der Waals surface area contributed by atoms with Crippen LogP contribution in [-0.4, -0.2) is 21.2 Å². The molecule has 2 unspecified atom stereocenters. The Morgan fingerprint density at radius 1 is 0.923 bits per heavy atom. The van der Waals surface area contributed by atoms with E-state index in [1.165, 1.54) is 22.3 Å². The number of hydrogen-bond acceptors (Lipinski definition) is 4. The van der Waals surface area contributed by atoms with Crippen LogP contribution in [-0.2, 0) is 6.42 Å². The molecule has 0 aliphatic carbocycles. The van der Waals surface area contributed by atoms with E-state index in [0.717, 1.165) is 24.4 Å². The van der Waals surface area contributed by atoms with E-state index < -0.39 is 0 Å². The first-order valence-corrected chi connectivity index (χ1v) is 9.10. The van der Waals surface area contributed by atoms with Crippen molar-refractivity contribution in [2.24, 2.45) is 4.99 Å². The maximum Gasteiger partial charge on any atom is 0.155 e. The van der Waals surface area contributed by atoms with Gasteiger partial charge in [-0.15, -0.1) is 0 Å². The lowest BCUT2D eigenvalue weighted by atomic mass is 9.86. The lowest BCUT2D eigenvalue weighted by molar-refractivity contribution is 0.815. The Balaban J connectivity index is 1.82. The molecule has 4 nitrogen and oxygen atoms in total. The quantitative estimate of drug-likeness (QED) is 0.683. The molecule has 1 aliphatic rings. The molecule has 3 aromatic rings. The molecule has 2 atom stereocenters. The van der Waals surface area contributed by atoms with Crippen LogP contribution in [0.3, 0.4) is 0 Å². The van der Waals surface area contributed by atoms with Gasteiger partial charge >= 0.3 is 0 Å². The lowest BCUT2D eigenvalue weighted by Gasteiger charge is -2.22. The fraction of sp³-hybridized carbons (Fsp3) is 0.273. The summed E-state index contributed by atoms with van der Waals surface area (Å²) in [5.41, 5.74) is 6.01. The van der Waals surface area contributed by atoms with E-state index in [-0.39, 0.29) is 11.8 Å². The molecule has 4 heterocycles. The number of nitrogens with zero attached hydrogens (tertiary/aromatic N) is 4. The first kappa shape index (κ1) is 16.6. The molecule has 130 valence electrons. The standard InChI is InChI=1S/C22H22N4/c1-15(17-6-3-9-23-13-17)20-12-21(16(2)18-7-4-10-24-14-18)26-22-19(20)8-5-11-25-22/h3-4,6-7,9-16H,5,8H2,1-2H3. The second-order valence-corrected chi connectivity index (χ2v) is 6.80. The van der Waals surface area contributed by atoms with E-state index in [1.807, 2.05) is 36.9 Å². The minimum Gasteiger partial charge on any atom is -0.264 e. The van der Waals surface area contributed by atoms with Crippen LogP contribution < -0.4 is 0 Å². The first-order valence-electron chi connectivity index (χ1n) is 9.10. The highest BCUT2D eigenvalue weighted by Gasteiger charge is 2.22. The number of fused-ring (bicyclic) bond motifs is 1. The molecule has 0 saturated heterocycles. The number of pyridine rings is 3. The number of hydrogen-bond donors (Lipinski definition) is 0. The van der Waals surface area contributed by atoms with Gasteiger partial charge in [-0.05, 0) is 47.7 Å². The molecule has 1 aliphatic heterocycles. The largest absolute Gasteiger partial charge is 0.264 e. The Hall–Kier alpha value is -2.88. The SMILES string of the molecule is CC(c1cccnc1)c1cc(C(C)c2cccnc2)c2c(n1)N=CCC2. The zero-order valence-electron chi connectivity index (χ0n) is 15.1. The van der Waals surface area contributed by atoms with Crippen LogP contribution in [0.25, 0.3) is 0 Å². The third kappa shape index (κ3) is 3.15. The molecular formula is C22H22N4. The highest BCUT2D eigenvalue weighted by Crippen LogP contribution is 2.36. The van der Waals surface area contributed by atoms with Crippen molar-refractivity contribution in [3.63, 3.8) is 0 Å². The molecule has 3 aromatic heterocycles. The van der Waals surface area contributed by atoms with E-state index in [9.17, 15) is 0 Å². The second-order valence-electron chi connectivity index (χ2n) is 6.80. The summed E-state index contributed by atoms with van der Waals surface area (Å²) in [5, 5.41) is 0. The lowest BCUT2D eigenvalue weighted by Crippen LogP contribution is -2.10. The smallest absolute Gasteiger partial charge is 0.155 e. The van der Waals surface area contributed by atoms with Crippen molar-refractivity contribution in [1.29, 1.82) is 0 Å². The van der Waals surface area contributed by atoms with E-state index in [1.54, 1.807) is 6.20 Å². The Morgan fingerprint density at radius 2 is 1.62 bits per heavy atom. The molecule has 0 aromatic carbocycles. The first-order chi connectivity index (χ1) is 12.7. The van der Waals surface area contributed by atoms with E-state index in [4.69, 9.17) is 4.98 Å². The highest BCUT2D eigenvalue weighted by molar-refractivity contribution is 5.68. The van der Waals surface area contributed by atoms with Crippen LogP contribution in [0, 0.1) is 0 Å². The minimum atomic E-state index is 0.172. The van der Waals surface area contributed by atoms with Gasteiger partial charge in [0.1, 0.15) is 0 Å². The third-order valence-electron chi connectivity index (χ3n) is 5.17. The van der Waals surface area contributed by atoms with Crippen molar-refractivity contribution in [2.75, 3.05) is 0 Å². The van der Waals surface area contributed by atoms with Gasteiger partial charge in [0, 0.05) is 48.4 Å². The summed E-state index contributed by atoms with van der Waals surface area (Å²) < 4.78 is 0. The molecule has 0 N–H and O–H groups in total. The summed E-state index contributed by atoms with van der Waals surface area (Å²) >= 11 is 0. The summed E-state index contributed by atoms with van der Waals surface area (Å²) in [6.07, 6.45) is 11.4. The van der Waals surface area contributed by atoms with Crippen molar-refractivity contribution in [2.45, 2.75) is 38.5 Å². The van der Waals surface area contributed by atoms with Gasteiger partial charge in [0.05, 0.1) is 5.69 Å². The highest BCUT2D eigenvalue weighted by atomic mass is 14.9. The molecular weight excluding hydrogens is 320 g/mol. The van der Waals surface area contributed by atoms with Gasteiger partial charge in [-0.2, -0.15) is 0 Å². The van der Waals surface area contributed by atoms with Gasteiger partial charge in [-0.3, -0.25) is 9.97 Å². The van der Waals surface area contributed by atoms with Crippen LogP contribution >= 0.6 is 0 Å². The van der Waals surface area contributed by atoms with E-state index >= 15 is 0 Å². The Kier molecular flexibility index (Phi) is 4.57. The van der Waals surface area contributed by atoms with Crippen molar-refractivity contribution in [3.05, 3.63) is 83.1 Å². The van der Waals surface area contributed by atoms with E-state index in [2.05, 4.69) is 47.0 Å². The summed E-state index contributed by atoms with van der Waals surface area (Å²) in [5.74, 6) is 1.30. The Labute approximate surface area is 154 Å². The summed E-state index contributed by atoms with van der Waals surface area (Å²) in [7, 11) is 0. The minimum absolute atomic E-state index is 0.172. The number of rotatable bonds is 4. The fourth-order valence-electron chi connectivity index (χ4n) is 3.54. The van der Waals surface area contributed by atoms with Gasteiger partial charge < -0.3 is 0 Å². The third-order valence-corrected chi connectivity index (χ3v) is 5.17. The molecule has 0 fully saturated rings. The summed E-state index contributed by atoms with van der Waals surface area (Å²) in [4.78, 5) is 18.0. The van der Waals surface area contributed by atoms with Crippen LogP contribution in [0.5, 0.6) is 0 Å². The van der Waals surface area contributed by atoms with Crippen molar-refractivity contribution in [1.82, 2.24) is 15.0 Å². The van der Waals surface area contributed by atoms with Crippen LogP contribution in [0.15, 0.2) is 60.1 Å². The molecule has 0 saturated carbocycles. The molecule has 0 spiro atoms. The fourth-order valence-corrected chi connectivity index (χ4v) is 3.54. The maximum atomic E-state index is 4.88. The Bertz CT molecular complexity index is 920. The van der Waals surface area contributed by atoms with Crippen LogP contribution in [0.4, 0.5) is 5.82 Å². The maximum absolute atomic E-state index is 4.88. The van der Waals surface area contributed by atoms with Crippen molar-refractivity contribution >= 4 is 12.0 Å². The molecule has 0 bridgehead atoms. The van der Waals surface area contributed by atoms with Crippen LogP contribution in [0.2, 0.25) is 0 Å². The zero-order chi connectivity index (χ0) is 17.9. The van der Waals surface area contributed by atoms with Crippen molar-refractivity contribution < 1.29 is 0 Å².